The summed E-state index contributed by atoms with van der Waals surface area (Å²) in [6.07, 6.45) is 1.63. The van der Waals surface area contributed by atoms with E-state index in [-0.39, 0.29) is 6.10 Å². The van der Waals surface area contributed by atoms with Crippen LogP contribution in [0.3, 0.4) is 0 Å². The van der Waals surface area contributed by atoms with Crippen LogP contribution in [0.5, 0.6) is 0 Å². The summed E-state index contributed by atoms with van der Waals surface area (Å²) in [5, 5.41) is 18.1. The molecule has 2 rings (SSSR count). The molecule has 1 N–H and O–H groups in total. The Balaban J connectivity index is 1.91. The highest BCUT2D eigenvalue weighted by Gasteiger charge is 2.16. The molecule has 1 fully saturated rings. The lowest BCUT2D eigenvalue weighted by Crippen LogP contribution is -2.35. The van der Waals surface area contributed by atoms with E-state index in [0.717, 1.165) is 32.5 Å². The lowest BCUT2D eigenvalue weighted by Gasteiger charge is -2.29. The molecule has 1 saturated heterocycles. The van der Waals surface area contributed by atoms with Crippen molar-refractivity contribution in [1.82, 2.24) is 4.90 Å². The zero-order valence-electron chi connectivity index (χ0n) is 9.26. The molecule has 0 radical (unpaired) electrons. The van der Waals surface area contributed by atoms with Crippen molar-refractivity contribution >= 4 is 0 Å². The normalized spacial score (nSPS) is 18.2. The highest BCUT2D eigenvalue weighted by atomic mass is 16.3. The standard InChI is InChI=1S/C13H16N2O/c14-9-11-1-3-12(4-2-11)10-15-7-5-13(16)6-8-15/h1-4,13,16H,5-8,10H2. The molecule has 0 aliphatic carbocycles. The van der Waals surface area contributed by atoms with Gasteiger partial charge in [0.2, 0.25) is 0 Å². The first-order chi connectivity index (χ1) is 7.78. The number of hydrogen-bond donors (Lipinski definition) is 1. The number of aliphatic hydroxyl groups is 1. The minimum Gasteiger partial charge on any atom is -0.393 e. The summed E-state index contributed by atoms with van der Waals surface area (Å²) in [6.45, 7) is 2.83. The molecular formula is C13H16N2O. The first-order valence-electron chi connectivity index (χ1n) is 5.67. The number of nitriles is 1. The van der Waals surface area contributed by atoms with Crippen LogP contribution in [0.15, 0.2) is 24.3 Å². The minimum absolute atomic E-state index is 0.114. The van der Waals surface area contributed by atoms with Crippen LogP contribution < -0.4 is 0 Å². The van der Waals surface area contributed by atoms with Crippen LogP contribution in [-0.4, -0.2) is 29.2 Å². The second-order valence-electron chi connectivity index (χ2n) is 4.32. The Morgan fingerprint density at radius 2 is 1.88 bits per heavy atom. The van der Waals surface area contributed by atoms with Crippen molar-refractivity contribution in [1.29, 1.82) is 5.26 Å². The van der Waals surface area contributed by atoms with E-state index >= 15 is 0 Å². The van der Waals surface area contributed by atoms with E-state index in [1.807, 2.05) is 24.3 Å². The average Bonchev–Trinajstić information content (AvgIpc) is 2.33. The Morgan fingerprint density at radius 3 is 2.44 bits per heavy atom. The van der Waals surface area contributed by atoms with E-state index in [4.69, 9.17) is 5.26 Å². The fourth-order valence-electron chi connectivity index (χ4n) is 2.02. The van der Waals surface area contributed by atoms with E-state index in [0.29, 0.717) is 5.56 Å². The molecule has 16 heavy (non-hydrogen) atoms. The smallest absolute Gasteiger partial charge is 0.0991 e. The van der Waals surface area contributed by atoms with Crippen LogP contribution >= 0.6 is 0 Å². The van der Waals surface area contributed by atoms with Gasteiger partial charge < -0.3 is 5.11 Å². The summed E-state index contributed by atoms with van der Waals surface area (Å²) in [5.41, 5.74) is 1.94. The van der Waals surface area contributed by atoms with Crippen molar-refractivity contribution in [2.75, 3.05) is 13.1 Å². The van der Waals surface area contributed by atoms with Crippen molar-refractivity contribution < 1.29 is 5.11 Å². The van der Waals surface area contributed by atoms with E-state index in [1.54, 1.807) is 0 Å². The lowest BCUT2D eigenvalue weighted by molar-refractivity contribution is 0.0792. The van der Waals surface area contributed by atoms with Gasteiger partial charge >= 0.3 is 0 Å². The topological polar surface area (TPSA) is 47.3 Å². The molecule has 1 aliphatic rings. The molecule has 1 aromatic carbocycles. The molecule has 0 aromatic heterocycles. The van der Waals surface area contributed by atoms with Gasteiger partial charge in [0.1, 0.15) is 0 Å². The number of hydrogen-bond acceptors (Lipinski definition) is 3. The van der Waals surface area contributed by atoms with Crippen LogP contribution in [-0.2, 0) is 6.54 Å². The molecule has 0 atom stereocenters. The fourth-order valence-corrected chi connectivity index (χ4v) is 2.02. The number of rotatable bonds is 2. The molecule has 1 aromatic rings. The first kappa shape index (κ1) is 11.1. The van der Waals surface area contributed by atoms with Gasteiger partial charge in [-0.15, -0.1) is 0 Å². The van der Waals surface area contributed by atoms with Crippen LogP contribution in [0.4, 0.5) is 0 Å². The summed E-state index contributed by atoms with van der Waals surface area (Å²) in [4.78, 5) is 2.34. The molecule has 84 valence electrons. The zero-order chi connectivity index (χ0) is 11.4. The van der Waals surface area contributed by atoms with Crippen molar-refractivity contribution in [3.63, 3.8) is 0 Å². The minimum atomic E-state index is -0.114. The van der Waals surface area contributed by atoms with Gasteiger partial charge in [0.25, 0.3) is 0 Å². The number of aliphatic hydroxyl groups excluding tert-OH is 1. The molecule has 3 nitrogen and oxygen atoms in total. The van der Waals surface area contributed by atoms with Gasteiger partial charge in [-0.2, -0.15) is 5.26 Å². The monoisotopic (exact) mass is 216 g/mol. The van der Waals surface area contributed by atoms with Gasteiger partial charge in [-0.05, 0) is 30.5 Å². The maximum absolute atomic E-state index is 9.40. The molecule has 0 amide bonds. The van der Waals surface area contributed by atoms with Crippen LogP contribution in [0.2, 0.25) is 0 Å². The highest BCUT2D eigenvalue weighted by Crippen LogP contribution is 2.13. The largest absolute Gasteiger partial charge is 0.393 e. The van der Waals surface area contributed by atoms with E-state index in [1.165, 1.54) is 5.56 Å². The van der Waals surface area contributed by atoms with E-state index in [9.17, 15) is 5.11 Å². The predicted octanol–water partition coefficient (Wildman–Crippen LogP) is 1.51. The summed E-state index contributed by atoms with van der Waals surface area (Å²) in [7, 11) is 0. The van der Waals surface area contributed by atoms with E-state index in [2.05, 4.69) is 11.0 Å². The van der Waals surface area contributed by atoms with Gasteiger partial charge in [0.15, 0.2) is 0 Å². The number of likely N-dealkylation sites (tertiary alicyclic amines) is 1. The quantitative estimate of drug-likeness (QED) is 0.815. The molecule has 0 saturated carbocycles. The van der Waals surface area contributed by atoms with Gasteiger partial charge in [-0.1, -0.05) is 12.1 Å². The third kappa shape index (κ3) is 2.82. The SMILES string of the molecule is N#Cc1ccc(CN2CCC(O)CC2)cc1. The van der Waals surface area contributed by atoms with Crippen molar-refractivity contribution in [3.8, 4) is 6.07 Å². The molecular weight excluding hydrogens is 200 g/mol. The Kier molecular flexibility index (Phi) is 3.55. The Morgan fingerprint density at radius 1 is 1.25 bits per heavy atom. The van der Waals surface area contributed by atoms with Gasteiger partial charge in [0, 0.05) is 19.6 Å². The molecule has 3 heteroatoms. The van der Waals surface area contributed by atoms with Gasteiger partial charge in [-0.25, -0.2) is 0 Å². The van der Waals surface area contributed by atoms with Crippen LogP contribution in [0, 0.1) is 11.3 Å². The van der Waals surface area contributed by atoms with E-state index < -0.39 is 0 Å². The van der Waals surface area contributed by atoms with Gasteiger partial charge in [-0.3, -0.25) is 4.90 Å². The molecule has 1 heterocycles. The van der Waals surface area contributed by atoms with Crippen molar-refractivity contribution in [2.24, 2.45) is 0 Å². The van der Waals surface area contributed by atoms with Crippen LogP contribution in [0.1, 0.15) is 24.0 Å². The Hall–Kier alpha value is -1.37. The Labute approximate surface area is 95.9 Å². The summed E-state index contributed by atoms with van der Waals surface area (Å²) in [6, 6.07) is 9.83. The average molecular weight is 216 g/mol. The second kappa shape index (κ2) is 5.11. The summed E-state index contributed by atoms with van der Waals surface area (Å²) >= 11 is 0. The van der Waals surface area contributed by atoms with Crippen LogP contribution in [0.25, 0.3) is 0 Å². The first-order valence-corrected chi connectivity index (χ1v) is 5.67. The fraction of sp³-hybridized carbons (Fsp3) is 0.462. The molecule has 0 bridgehead atoms. The van der Waals surface area contributed by atoms with Crippen molar-refractivity contribution in [2.45, 2.75) is 25.5 Å². The third-order valence-corrected chi connectivity index (χ3v) is 3.05. The van der Waals surface area contributed by atoms with Gasteiger partial charge in [0.05, 0.1) is 17.7 Å². The highest BCUT2D eigenvalue weighted by molar-refractivity contribution is 5.31. The maximum Gasteiger partial charge on any atom is 0.0991 e. The molecule has 1 aliphatic heterocycles. The molecule has 0 unspecified atom stereocenters. The lowest BCUT2D eigenvalue weighted by atomic mass is 10.1. The maximum atomic E-state index is 9.40. The zero-order valence-corrected chi connectivity index (χ0v) is 9.26. The summed E-state index contributed by atoms with van der Waals surface area (Å²) < 4.78 is 0. The molecule has 0 spiro atoms. The summed E-state index contributed by atoms with van der Waals surface area (Å²) in [5.74, 6) is 0. The number of piperidine rings is 1. The second-order valence-corrected chi connectivity index (χ2v) is 4.32. The predicted molar refractivity (Wildman–Crippen MR) is 61.7 cm³/mol. The number of nitrogens with zero attached hydrogens (tertiary/aromatic N) is 2. The Bertz CT molecular complexity index is 372. The van der Waals surface area contributed by atoms with Crippen molar-refractivity contribution in [3.05, 3.63) is 35.4 Å². The number of benzene rings is 1. The third-order valence-electron chi connectivity index (χ3n) is 3.05.